The van der Waals surface area contributed by atoms with Crippen molar-refractivity contribution in [1.29, 1.82) is 0 Å². The Morgan fingerprint density at radius 2 is 2.21 bits per heavy atom. The van der Waals surface area contributed by atoms with E-state index in [1.165, 1.54) is 0 Å². The van der Waals surface area contributed by atoms with E-state index in [-0.39, 0.29) is 12.0 Å². The highest BCUT2D eigenvalue weighted by atomic mass is 32.1. The van der Waals surface area contributed by atoms with Crippen LogP contribution in [0, 0.1) is 13.8 Å². The molecule has 1 fully saturated rings. The Morgan fingerprint density at radius 3 is 2.74 bits per heavy atom. The molecule has 0 aromatic carbocycles. The number of hydrogen-bond donors (Lipinski definition) is 2. The Morgan fingerprint density at radius 1 is 1.47 bits per heavy atom. The van der Waals surface area contributed by atoms with Gasteiger partial charge in [0.25, 0.3) is 5.91 Å². The first-order valence-electron chi connectivity index (χ1n) is 6.21. The number of ether oxygens (including phenoxy) is 1. The van der Waals surface area contributed by atoms with E-state index in [4.69, 9.17) is 9.84 Å². The molecule has 5 nitrogen and oxygen atoms in total. The molecule has 1 aromatic rings. The van der Waals surface area contributed by atoms with Gasteiger partial charge in [-0.1, -0.05) is 0 Å². The average molecular weight is 283 g/mol. The highest BCUT2D eigenvalue weighted by Gasteiger charge is 2.30. The van der Waals surface area contributed by atoms with Crippen LogP contribution in [0.4, 0.5) is 0 Å². The van der Waals surface area contributed by atoms with Gasteiger partial charge in [0, 0.05) is 16.3 Å². The quantitative estimate of drug-likeness (QED) is 0.882. The predicted molar refractivity (Wildman–Crippen MR) is 71.7 cm³/mol. The number of thiophene rings is 1. The summed E-state index contributed by atoms with van der Waals surface area (Å²) in [5.74, 6) is -1.05. The molecule has 6 heteroatoms. The number of aliphatic carboxylic acids is 1. The fourth-order valence-electron chi connectivity index (χ4n) is 2.20. The summed E-state index contributed by atoms with van der Waals surface area (Å²) in [6, 6.07) is 1.87. The molecular weight excluding hydrogens is 266 g/mol. The fourth-order valence-corrected chi connectivity index (χ4v) is 3.12. The van der Waals surface area contributed by atoms with Crippen LogP contribution < -0.4 is 5.32 Å². The Labute approximate surface area is 115 Å². The zero-order valence-corrected chi connectivity index (χ0v) is 11.8. The first kappa shape index (κ1) is 14.0. The largest absolute Gasteiger partial charge is 0.479 e. The van der Waals surface area contributed by atoms with Gasteiger partial charge in [0.05, 0.1) is 11.7 Å². The van der Waals surface area contributed by atoms with Gasteiger partial charge in [-0.25, -0.2) is 4.79 Å². The third-order valence-corrected chi connectivity index (χ3v) is 4.12. The maximum atomic E-state index is 12.0. The predicted octanol–water partition coefficient (Wildman–Crippen LogP) is 1.73. The minimum Gasteiger partial charge on any atom is -0.479 e. The maximum absolute atomic E-state index is 12.0. The van der Waals surface area contributed by atoms with Crippen LogP contribution in [0.2, 0.25) is 0 Å². The van der Waals surface area contributed by atoms with Crippen LogP contribution in [0.1, 0.15) is 33.0 Å². The third-order valence-electron chi connectivity index (χ3n) is 3.16. The number of carboxylic acids is 1. The monoisotopic (exact) mass is 283 g/mol. The lowest BCUT2D eigenvalue weighted by atomic mass is 10.2. The van der Waals surface area contributed by atoms with Gasteiger partial charge in [-0.05, 0) is 32.8 Å². The van der Waals surface area contributed by atoms with Crippen molar-refractivity contribution in [3.05, 3.63) is 21.4 Å². The molecule has 0 bridgehead atoms. The number of rotatable bonds is 4. The molecule has 1 aliphatic rings. The third kappa shape index (κ3) is 3.33. The summed E-state index contributed by atoms with van der Waals surface area (Å²) in [4.78, 5) is 24.8. The van der Waals surface area contributed by atoms with Crippen molar-refractivity contribution in [2.45, 2.75) is 38.9 Å². The second-order valence-electron chi connectivity index (χ2n) is 4.70. The van der Waals surface area contributed by atoms with E-state index in [9.17, 15) is 9.59 Å². The van der Waals surface area contributed by atoms with E-state index < -0.39 is 12.1 Å². The standard InChI is InChI=1S/C13H17NO4S/c1-7-5-10(8(2)19-7)12(15)14-6-9-3-4-11(18-9)13(16)17/h5,9,11H,3-4,6H2,1-2H3,(H,14,15)(H,16,17). The first-order chi connectivity index (χ1) is 8.97. The van der Waals surface area contributed by atoms with Gasteiger partial charge in [0.15, 0.2) is 6.10 Å². The van der Waals surface area contributed by atoms with Gasteiger partial charge in [-0.15, -0.1) is 11.3 Å². The molecule has 0 spiro atoms. The van der Waals surface area contributed by atoms with Crippen LogP contribution in [-0.2, 0) is 9.53 Å². The van der Waals surface area contributed by atoms with E-state index in [0.29, 0.717) is 24.9 Å². The van der Waals surface area contributed by atoms with Crippen LogP contribution in [0.3, 0.4) is 0 Å². The molecule has 1 aliphatic heterocycles. The van der Waals surface area contributed by atoms with Gasteiger partial charge in [-0.2, -0.15) is 0 Å². The maximum Gasteiger partial charge on any atom is 0.332 e. The highest BCUT2D eigenvalue weighted by molar-refractivity contribution is 7.12. The highest BCUT2D eigenvalue weighted by Crippen LogP contribution is 2.21. The molecule has 0 aliphatic carbocycles. The van der Waals surface area contributed by atoms with Crippen molar-refractivity contribution in [2.24, 2.45) is 0 Å². The summed E-state index contributed by atoms with van der Waals surface area (Å²) in [6.07, 6.45) is 0.239. The number of carbonyl (C=O) groups excluding carboxylic acids is 1. The molecule has 2 atom stereocenters. The zero-order chi connectivity index (χ0) is 14.0. The second kappa shape index (κ2) is 5.71. The molecule has 104 valence electrons. The molecule has 2 N–H and O–H groups in total. The number of amides is 1. The molecule has 1 saturated heterocycles. The second-order valence-corrected chi connectivity index (χ2v) is 6.16. The SMILES string of the molecule is Cc1cc(C(=O)NCC2CCC(C(=O)O)O2)c(C)s1. The smallest absolute Gasteiger partial charge is 0.332 e. The number of carboxylic acid groups (broad SMARTS) is 1. The van der Waals surface area contributed by atoms with Gasteiger partial charge in [-0.3, -0.25) is 4.79 Å². The van der Waals surface area contributed by atoms with Crippen molar-refractivity contribution in [2.75, 3.05) is 6.54 Å². The molecule has 2 unspecified atom stereocenters. The van der Waals surface area contributed by atoms with Crippen LogP contribution in [0.25, 0.3) is 0 Å². The number of hydrogen-bond acceptors (Lipinski definition) is 4. The van der Waals surface area contributed by atoms with E-state index in [1.54, 1.807) is 11.3 Å². The lowest BCUT2D eigenvalue weighted by Gasteiger charge is -2.12. The van der Waals surface area contributed by atoms with E-state index in [2.05, 4.69) is 5.32 Å². The minimum atomic E-state index is -0.932. The van der Waals surface area contributed by atoms with Crippen LogP contribution in [0.15, 0.2) is 6.07 Å². The molecular formula is C13H17NO4S. The Balaban J connectivity index is 1.85. The number of nitrogens with one attached hydrogen (secondary N) is 1. The molecule has 0 radical (unpaired) electrons. The van der Waals surface area contributed by atoms with Crippen LogP contribution in [0.5, 0.6) is 0 Å². The summed E-state index contributed by atoms with van der Waals surface area (Å²) in [5, 5.41) is 11.6. The van der Waals surface area contributed by atoms with Crippen molar-refractivity contribution >= 4 is 23.2 Å². The van der Waals surface area contributed by atoms with Gasteiger partial charge in [0.1, 0.15) is 0 Å². The summed E-state index contributed by atoms with van der Waals surface area (Å²) in [5.41, 5.74) is 0.690. The molecule has 1 amide bonds. The lowest BCUT2D eigenvalue weighted by molar-refractivity contribution is -0.149. The van der Waals surface area contributed by atoms with Crippen molar-refractivity contribution in [1.82, 2.24) is 5.32 Å². The number of carbonyl (C=O) groups is 2. The summed E-state index contributed by atoms with van der Waals surface area (Å²) in [6.45, 7) is 4.24. The van der Waals surface area contributed by atoms with E-state index >= 15 is 0 Å². The Hall–Kier alpha value is -1.40. The lowest BCUT2D eigenvalue weighted by Crippen LogP contribution is -2.33. The summed E-state index contributed by atoms with van der Waals surface area (Å²) in [7, 11) is 0. The fraction of sp³-hybridized carbons (Fsp3) is 0.538. The van der Waals surface area contributed by atoms with Gasteiger partial charge < -0.3 is 15.2 Å². The zero-order valence-electron chi connectivity index (χ0n) is 10.9. The van der Waals surface area contributed by atoms with Crippen LogP contribution in [-0.4, -0.2) is 35.7 Å². The normalized spacial score (nSPS) is 22.4. The Bertz CT molecular complexity index is 497. The minimum absolute atomic E-state index is 0.121. The number of aryl methyl sites for hydroxylation is 2. The summed E-state index contributed by atoms with van der Waals surface area (Å²) < 4.78 is 5.33. The van der Waals surface area contributed by atoms with Gasteiger partial charge >= 0.3 is 5.97 Å². The average Bonchev–Trinajstić information content (AvgIpc) is 2.93. The molecule has 19 heavy (non-hydrogen) atoms. The molecule has 2 heterocycles. The summed E-state index contributed by atoms with van der Waals surface area (Å²) >= 11 is 1.59. The van der Waals surface area contributed by atoms with E-state index in [0.717, 1.165) is 9.75 Å². The van der Waals surface area contributed by atoms with Crippen molar-refractivity contribution < 1.29 is 19.4 Å². The molecule has 0 saturated carbocycles. The Kier molecular flexibility index (Phi) is 4.21. The van der Waals surface area contributed by atoms with Gasteiger partial charge in [0.2, 0.25) is 0 Å². The topological polar surface area (TPSA) is 75.6 Å². The molecule has 1 aromatic heterocycles. The van der Waals surface area contributed by atoms with E-state index in [1.807, 2.05) is 19.9 Å². The van der Waals surface area contributed by atoms with Crippen LogP contribution >= 0.6 is 11.3 Å². The van der Waals surface area contributed by atoms with Crippen molar-refractivity contribution in [3.8, 4) is 0 Å². The molecule has 2 rings (SSSR count). The first-order valence-corrected chi connectivity index (χ1v) is 7.02. The van der Waals surface area contributed by atoms with Crippen molar-refractivity contribution in [3.63, 3.8) is 0 Å².